The zero-order chi connectivity index (χ0) is 13.0. The lowest BCUT2D eigenvalue weighted by molar-refractivity contribution is -0.117. The van der Waals surface area contributed by atoms with Gasteiger partial charge >= 0.3 is 0 Å². The lowest BCUT2D eigenvalue weighted by Crippen LogP contribution is -2.35. The highest BCUT2D eigenvalue weighted by molar-refractivity contribution is 5.99. The van der Waals surface area contributed by atoms with Gasteiger partial charge in [0.2, 0.25) is 5.91 Å². The summed E-state index contributed by atoms with van der Waals surface area (Å²) in [4.78, 5) is 11.9. The van der Waals surface area contributed by atoms with Crippen LogP contribution in [0.4, 0.5) is 5.69 Å². The van der Waals surface area contributed by atoms with Crippen LogP contribution in [0.1, 0.15) is 23.5 Å². The van der Waals surface area contributed by atoms with Crippen molar-refractivity contribution in [3.63, 3.8) is 0 Å². The Hall–Kier alpha value is -2.13. The number of amides is 1. The fourth-order valence-electron chi connectivity index (χ4n) is 3.32. The number of hydrogen-bond acceptors (Lipinski definition) is 2. The van der Waals surface area contributed by atoms with Crippen LogP contribution in [0.15, 0.2) is 42.5 Å². The van der Waals surface area contributed by atoms with Crippen LogP contribution in [0, 0.1) is 0 Å². The Labute approximate surface area is 111 Å². The monoisotopic (exact) mass is 250 g/mol. The molecule has 2 aromatic carbocycles. The summed E-state index contributed by atoms with van der Waals surface area (Å²) in [6.45, 7) is 0. The average Bonchev–Trinajstić information content (AvgIpc) is 2.67. The maximum Gasteiger partial charge on any atom is 0.241 e. The molecule has 3 N–H and O–H groups in total. The molecular weight excluding hydrogens is 236 g/mol. The first-order valence-electron chi connectivity index (χ1n) is 6.54. The van der Waals surface area contributed by atoms with Crippen LogP contribution >= 0.6 is 0 Å². The van der Waals surface area contributed by atoms with Crippen molar-refractivity contribution in [1.82, 2.24) is 0 Å². The van der Waals surface area contributed by atoms with Crippen LogP contribution in [0.2, 0.25) is 0 Å². The van der Waals surface area contributed by atoms with Gasteiger partial charge in [0.1, 0.15) is 0 Å². The molecule has 2 aliphatic rings. The molecule has 0 saturated heterocycles. The molecule has 0 aromatic heterocycles. The standard InChI is InChI=1S/C16H14N2O/c17-13-8-12-10-5-2-1-4-9(10)11-6-3-7-14(15(11)12)18-16(13)19/h1-7,12-13H,8,17H2,(H,18,19)/t12-,13+/m0/s1. The average molecular weight is 250 g/mol. The summed E-state index contributed by atoms with van der Waals surface area (Å²) in [7, 11) is 0. The number of hydrogen-bond donors (Lipinski definition) is 2. The van der Waals surface area contributed by atoms with Crippen LogP contribution in [0.5, 0.6) is 0 Å². The van der Waals surface area contributed by atoms with Gasteiger partial charge < -0.3 is 11.1 Å². The molecule has 0 saturated carbocycles. The summed E-state index contributed by atoms with van der Waals surface area (Å²) in [5.41, 5.74) is 11.9. The molecule has 2 atom stereocenters. The molecule has 0 fully saturated rings. The van der Waals surface area contributed by atoms with Crippen molar-refractivity contribution in [3.05, 3.63) is 53.6 Å². The number of fused-ring (bicyclic) bond motifs is 3. The van der Waals surface area contributed by atoms with Crippen molar-refractivity contribution in [2.75, 3.05) is 5.32 Å². The predicted molar refractivity (Wildman–Crippen MR) is 74.9 cm³/mol. The SMILES string of the molecule is N[C@@H]1C[C@H]2c3ccccc3-c3cccc(c32)NC1=O. The molecule has 2 aromatic rings. The van der Waals surface area contributed by atoms with Crippen LogP contribution in [-0.2, 0) is 4.79 Å². The quantitative estimate of drug-likeness (QED) is 0.754. The summed E-state index contributed by atoms with van der Waals surface area (Å²) in [5, 5.41) is 2.95. The number of benzene rings is 2. The Bertz CT molecular complexity index is 693. The van der Waals surface area contributed by atoms with Gasteiger partial charge in [0, 0.05) is 11.6 Å². The van der Waals surface area contributed by atoms with Crippen LogP contribution in [0.3, 0.4) is 0 Å². The third-order valence-electron chi connectivity index (χ3n) is 4.17. The van der Waals surface area contributed by atoms with Crippen molar-refractivity contribution >= 4 is 11.6 Å². The molecular formula is C16H14N2O. The first-order chi connectivity index (χ1) is 9.25. The minimum atomic E-state index is -0.448. The molecule has 3 nitrogen and oxygen atoms in total. The van der Waals surface area contributed by atoms with Gasteiger partial charge in [-0.1, -0.05) is 36.4 Å². The highest BCUT2D eigenvalue weighted by Crippen LogP contribution is 2.50. The van der Waals surface area contributed by atoms with E-state index in [-0.39, 0.29) is 11.8 Å². The maximum absolute atomic E-state index is 11.9. The molecule has 0 radical (unpaired) electrons. The Morgan fingerprint density at radius 2 is 1.84 bits per heavy atom. The van der Waals surface area contributed by atoms with Gasteiger partial charge in [-0.15, -0.1) is 0 Å². The molecule has 1 amide bonds. The van der Waals surface area contributed by atoms with Crippen LogP contribution in [0.25, 0.3) is 11.1 Å². The molecule has 3 heteroatoms. The van der Waals surface area contributed by atoms with E-state index in [0.29, 0.717) is 6.42 Å². The van der Waals surface area contributed by atoms with Crippen LogP contribution in [-0.4, -0.2) is 11.9 Å². The predicted octanol–water partition coefficient (Wildman–Crippen LogP) is 2.47. The molecule has 0 bridgehead atoms. The van der Waals surface area contributed by atoms with E-state index in [1.807, 2.05) is 12.1 Å². The van der Waals surface area contributed by atoms with E-state index in [1.54, 1.807) is 0 Å². The summed E-state index contributed by atoms with van der Waals surface area (Å²) in [6, 6.07) is 14.0. The summed E-state index contributed by atoms with van der Waals surface area (Å²) >= 11 is 0. The van der Waals surface area contributed by atoms with Crippen molar-refractivity contribution < 1.29 is 4.79 Å². The molecule has 0 spiro atoms. The molecule has 94 valence electrons. The maximum atomic E-state index is 11.9. The van der Waals surface area contributed by atoms with Gasteiger partial charge in [-0.25, -0.2) is 0 Å². The summed E-state index contributed by atoms with van der Waals surface area (Å²) < 4.78 is 0. The Balaban J connectivity index is 2.02. The molecule has 4 rings (SSSR count). The number of carbonyl (C=O) groups is 1. The summed E-state index contributed by atoms with van der Waals surface area (Å²) in [5.74, 6) is 0.150. The Kier molecular flexibility index (Phi) is 2.09. The lowest BCUT2D eigenvalue weighted by Gasteiger charge is -2.13. The normalized spacial score (nSPS) is 23.3. The number of carbonyl (C=O) groups excluding carboxylic acids is 1. The summed E-state index contributed by atoms with van der Waals surface area (Å²) in [6.07, 6.45) is 0.673. The van der Waals surface area contributed by atoms with E-state index >= 15 is 0 Å². The number of nitrogens with one attached hydrogen (secondary N) is 1. The number of nitrogens with two attached hydrogens (primary N) is 1. The highest BCUT2D eigenvalue weighted by Gasteiger charge is 2.36. The third kappa shape index (κ3) is 1.39. The van der Waals surface area contributed by atoms with Gasteiger partial charge in [-0.2, -0.15) is 0 Å². The van der Waals surface area contributed by atoms with E-state index < -0.39 is 6.04 Å². The third-order valence-corrected chi connectivity index (χ3v) is 4.17. The van der Waals surface area contributed by atoms with Crippen LogP contribution < -0.4 is 11.1 Å². The minimum Gasteiger partial charge on any atom is -0.324 e. The second-order valence-electron chi connectivity index (χ2n) is 5.24. The van der Waals surface area contributed by atoms with Gasteiger partial charge in [-0.3, -0.25) is 4.79 Å². The Morgan fingerprint density at radius 3 is 2.74 bits per heavy atom. The fraction of sp³-hybridized carbons (Fsp3) is 0.188. The number of rotatable bonds is 0. The fourth-order valence-corrected chi connectivity index (χ4v) is 3.32. The van der Waals surface area contributed by atoms with Gasteiger partial charge in [0.25, 0.3) is 0 Å². The molecule has 0 unspecified atom stereocenters. The molecule has 1 aliphatic carbocycles. The molecule has 1 aliphatic heterocycles. The highest BCUT2D eigenvalue weighted by atomic mass is 16.2. The van der Waals surface area contributed by atoms with Gasteiger partial charge in [0.15, 0.2) is 0 Å². The largest absolute Gasteiger partial charge is 0.324 e. The second kappa shape index (κ2) is 3.68. The minimum absolute atomic E-state index is 0.0831. The Morgan fingerprint density at radius 1 is 1.05 bits per heavy atom. The van der Waals surface area contributed by atoms with Crippen molar-refractivity contribution in [3.8, 4) is 11.1 Å². The van der Waals surface area contributed by atoms with E-state index in [4.69, 9.17) is 5.73 Å². The van der Waals surface area contributed by atoms with E-state index in [0.717, 1.165) is 5.69 Å². The number of anilines is 1. The van der Waals surface area contributed by atoms with E-state index in [1.165, 1.54) is 22.3 Å². The topological polar surface area (TPSA) is 55.1 Å². The molecule has 19 heavy (non-hydrogen) atoms. The lowest BCUT2D eigenvalue weighted by atomic mass is 9.91. The zero-order valence-electron chi connectivity index (χ0n) is 10.4. The second-order valence-corrected chi connectivity index (χ2v) is 5.24. The van der Waals surface area contributed by atoms with Gasteiger partial charge in [0.05, 0.1) is 6.04 Å². The first kappa shape index (κ1) is 10.8. The van der Waals surface area contributed by atoms with E-state index in [9.17, 15) is 4.79 Å². The van der Waals surface area contributed by atoms with Gasteiger partial charge in [-0.05, 0) is 34.7 Å². The molecule has 1 heterocycles. The van der Waals surface area contributed by atoms with Crippen molar-refractivity contribution in [2.24, 2.45) is 5.73 Å². The van der Waals surface area contributed by atoms with E-state index in [2.05, 4.69) is 35.6 Å². The van der Waals surface area contributed by atoms with Crippen molar-refractivity contribution in [2.45, 2.75) is 18.4 Å². The van der Waals surface area contributed by atoms with Crippen molar-refractivity contribution in [1.29, 1.82) is 0 Å². The smallest absolute Gasteiger partial charge is 0.241 e. The first-order valence-corrected chi connectivity index (χ1v) is 6.54. The zero-order valence-corrected chi connectivity index (χ0v) is 10.4.